The number of benzene rings is 2. The Morgan fingerprint density at radius 2 is 1.67 bits per heavy atom. The van der Waals surface area contributed by atoms with Gasteiger partial charge in [-0.2, -0.15) is 5.10 Å². The van der Waals surface area contributed by atoms with E-state index in [1.807, 2.05) is 0 Å². The van der Waals surface area contributed by atoms with E-state index in [2.05, 4.69) is 21.2 Å². The summed E-state index contributed by atoms with van der Waals surface area (Å²) < 4.78 is 12.8. The van der Waals surface area contributed by atoms with Crippen molar-refractivity contribution in [1.82, 2.24) is 5.43 Å². The number of carbonyl (C=O) groups excluding carboxylic acids is 2. The van der Waals surface area contributed by atoms with Gasteiger partial charge in [-0.15, -0.1) is 0 Å². The van der Waals surface area contributed by atoms with Crippen LogP contribution in [-0.4, -0.2) is 24.6 Å². The second kappa shape index (κ2) is 8.42. The van der Waals surface area contributed by atoms with Crippen molar-refractivity contribution in [1.29, 1.82) is 0 Å². The predicted molar refractivity (Wildman–Crippen MR) is 91.4 cm³/mol. The van der Waals surface area contributed by atoms with E-state index in [0.717, 1.165) is 5.56 Å². The average molecular weight is 328 g/mol. The van der Waals surface area contributed by atoms with Crippen molar-refractivity contribution in [2.75, 3.05) is 17.2 Å². The van der Waals surface area contributed by atoms with E-state index in [1.54, 1.807) is 36.4 Å². The zero-order chi connectivity index (χ0) is 17.4. The molecular weight excluding hydrogens is 311 g/mol. The van der Waals surface area contributed by atoms with E-state index < -0.39 is 0 Å². The van der Waals surface area contributed by atoms with Gasteiger partial charge in [0.05, 0.1) is 12.8 Å². The second-order valence-electron chi connectivity index (χ2n) is 4.96. The SMILES string of the molecule is CC(=O)Nc1ccc(C=NNC(=O)CNc2ccc(F)cc2)cc1. The molecule has 124 valence electrons. The van der Waals surface area contributed by atoms with Gasteiger partial charge >= 0.3 is 0 Å². The molecule has 0 atom stereocenters. The molecule has 7 heteroatoms. The van der Waals surface area contributed by atoms with Crippen LogP contribution in [0.4, 0.5) is 15.8 Å². The van der Waals surface area contributed by atoms with E-state index >= 15 is 0 Å². The van der Waals surface area contributed by atoms with E-state index in [9.17, 15) is 14.0 Å². The fraction of sp³-hybridized carbons (Fsp3) is 0.118. The highest BCUT2D eigenvalue weighted by atomic mass is 19.1. The molecule has 2 aromatic rings. The molecule has 2 amide bonds. The molecule has 0 aliphatic carbocycles. The smallest absolute Gasteiger partial charge is 0.259 e. The summed E-state index contributed by atoms with van der Waals surface area (Å²) in [5.41, 5.74) is 4.49. The first-order valence-corrected chi connectivity index (χ1v) is 7.22. The highest BCUT2D eigenvalue weighted by molar-refractivity contribution is 5.89. The molecule has 24 heavy (non-hydrogen) atoms. The zero-order valence-electron chi connectivity index (χ0n) is 13.0. The Bertz CT molecular complexity index is 727. The third-order valence-electron chi connectivity index (χ3n) is 2.93. The maximum absolute atomic E-state index is 12.8. The number of nitrogens with one attached hydrogen (secondary N) is 3. The topological polar surface area (TPSA) is 82.6 Å². The van der Waals surface area contributed by atoms with Crippen LogP contribution in [0.1, 0.15) is 12.5 Å². The van der Waals surface area contributed by atoms with Crippen LogP contribution < -0.4 is 16.1 Å². The van der Waals surface area contributed by atoms with E-state index in [-0.39, 0.29) is 24.2 Å². The summed E-state index contributed by atoms with van der Waals surface area (Å²) in [7, 11) is 0. The van der Waals surface area contributed by atoms with Gasteiger partial charge < -0.3 is 10.6 Å². The molecule has 0 radical (unpaired) electrons. The number of hydrogen-bond acceptors (Lipinski definition) is 4. The third-order valence-corrected chi connectivity index (χ3v) is 2.93. The molecule has 0 saturated heterocycles. The van der Waals surface area contributed by atoms with Gasteiger partial charge in [0.25, 0.3) is 5.91 Å². The normalized spacial score (nSPS) is 10.4. The molecule has 6 nitrogen and oxygen atoms in total. The summed E-state index contributed by atoms with van der Waals surface area (Å²) in [4.78, 5) is 22.6. The molecule has 0 spiro atoms. The molecule has 2 aromatic carbocycles. The summed E-state index contributed by atoms with van der Waals surface area (Å²) in [6.45, 7) is 1.45. The van der Waals surface area contributed by atoms with Gasteiger partial charge in [0.1, 0.15) is 5.82 Å². The third kappa shape index (κ3) is 5.88. The Hall–Kier alpha value is -3.22. The highest BCUT2D eigenvalue weighted by Crippen LogP contribution is 2.08. The summed E-state index contributed by atoms with van der Waals surface area (Å²) in [6.07, 6.45) is 1.49. The van der Waals surface area contributed by atoms with Crippen molar-refractivity contribution < 1.29 is 14.0 Å². The quantitative estimate of drug-likeness (QED) is 0.562. The molecule has 0 aliphatic rings. The van der Waals surface area contributed by atoms with Crippen LogP contribution in [0.3, 0.4) is 0 Å². The molecule has 0 fully saturated rings. The molecular formula is C17H17FN4O2. The van der Waals surface area contributed by atoms with Gasteiger partial charge in [0.15, 0.2) is 0 Å². The minimum absolute atomic E-state index is 0.0183. The fourth-order valence-electron chi connectivity index (χ4n) is 1.82. The van der Waals surface area contributed by atoms with Crippen LogP contribution in [-0.2, 0) is 9.59 Å². The molecule has 0 saturated carbocycles. The molecule has 3 N–H and O–H groups in total. The van der Waals surface area contributed by atoms with Crippen molar-refractivity contribution in [2.24, 2.45) is 5.10 Å². The summed E-state index contributed by atoms with van der Waals surface area (Å²) >= 11 is 0. The standard InChI is InChI=1S/C17H17FN4O2/c1-12(23)21-16-6-2-13(3-7-16)10-20-22-17(24)11-19-15-8-4-14(18)5-9-15/h2-10,19H,11H2,1H3,(H,21,23)(H,22,24). The van der Waals surface area contributed by atoms with Crippen LogP contribution >= 0.6 is 0 Å². The molecule has 0 unspecified atom stereocenters. The van der Waals surface area contributed by atoms with E-state index in [1.165, 1.54) is 25.3 Å². The maximum atomic E-state index is 12.8. The van der Waals surface area contributed by atoms with Crippen LogP contribution in [0.15, 0.2) is 53.6 Å². The lowest BCUT2D eigenvalue weighted by molar-refractivity contribution is -0.119. The van der Waals surface area contributed by atoms with Crippen LogP contribution in [0, 0.1) is 5.82 Å². The first kappa shape index (κ1) is 17.1. The maximum Gasteiger partial charge on any atom is 0.259 e. The first-order chi connectivity index (χ1) is 11.5. The minimum atomic E-state index is -0.334. The number of hydrazone groups is 1. The number of carbonyl (C=O) groups is 2. The van der Waals surface area contributed by atoms with Crippen LogP contribution in [0.5, 0.6) is 0 Å². The zero-order valence-corrected chi connectivity index (χ0v) is 13.0. The van der Waals surface area contributed by atoms with Crippen molar-refractivity contribution >= 4 is 29.4 Å². The Morgan fingerprint density at radius 1 is 1.04 bits per heavy atom. The lowest BCUT2D eigenvalue weighted by Gasteiger charge is -2.05. The Balaban J connectivity index is 1.77. The minimum Gasteiger partial charge on any atom is -0.376 e. The van der Waals surface area contributed by atoms with Crippen molar-refractivity contribution in [3.05, 3.63) is 59.9 Å². The monoisotopic (exact) mass is 328 g/mol. The van der Waals surface area contributed by atoms with Crippen LogP contribution in [0.25, 0.3) is 0 Å². The number of amides is 2. The first-order valence-electron chi connectivity index (χ1n) is 7.22. The molecule has 0 heterocycles. The van der Waals surface area contributed by atoms with E-state index in [0.29, 0.717) is 11.4 Å². The average Bonchev–Trinajstić information content (AvgIpc) is 2.55. The van der Waals surface area contributed by atoms with Gasteiger partial charge in [-0.25, -0.2) is 9.82 Å². The Kier molecular flexibility index (Phi) is 6.01. The number of hydrogen-bond donors (Lipinski definition) is 3. The number of anilines is 2. The molecule has 0 aromatic heterocycles. The van der Waals surface area contributed by atoms with Gasteiger partial charge in [0.2, 0.25) is 5.91 Å². The number of nitrogens with zero attached hydrogens (tertiary/aromatic N) is 1. The van der Waals surface area contributed by atoms with Gasteiger partial charge in [0, 0.05) is 18.3 Å². The second-order valence-corrected chi connectivity index (χ2v) is 4.96. The van der Waals surface area contributed by atoms with Gasteiger partial charge in [-0.05, 0) is 42.0 Å². The lowest BCUT2D eigenvalue weighted by Crippen LogP contribution is -2.25. The Morgan fingerprint density at radius 3 is 2.29 bits per heavy atom. The van der Waals surface area contributed by atoms with Crippen LogP contribution in [0.2, 0.25) is 0 Å². The van der Waals surface area contributed by atoms with Gasteiger partial charge in [-0.1, -0.05) is 12.1 Å². The largest absolute Gasteiger partial charge is 0.376 e. The highest BCUT2D eigenvalue weighted by Gasteiger charge is 2.00. The van der Waals surface area contributed by atoms with Crippen molar-refractivity contribution in [3.63, 3.8) is 0 Å². The van der Waals surface area contributed by atoms with Gasteiger partial charge in [-0.3, -0.25) is 9.59 Å². The summed E-state index contributed by atoms with van der Waals surface area (Å²) in [5, 5.41) is 9.36. The number of rotatable bonds is 6. The molecule has 0 aliphatic heterocycles. The molecule has 2 rings (SSSR count). The summed E-state index contributed by atoms with van der Waals surface area (Å²) in [5.74, 6) is -0.804. The number of halogens is 1. The predicted octanol–water partition coefficient (Wildman–Crippen LogP) is 2.35. The summed E-state index contributed by atoms with van der Waals surface area (Å²) in [6, 6.07) is 12.7. The van der Waals surface area contributed by atoms with E-state index in [4.69, 9.17) is 0 Å². The fourth-order valence-corrected chi connectivity index (χ4v) is 1.82. The molecule has 0 bridgehead atoms. The van der Waals surface area contributed by atoms with Crippen molar-refractivity contribution in [3.8, 4) is 0 Å². The van der Waals surface area contributed by atoms with Crippen molar-refractivity contribution in [2.45, 2.75) is 6.92 Å². The lowest BCUT2D eigenvalue weighted by atomic mass is 10.2. The Labute approximate surface area is 138 Å².